The van der Waals surface area contributed by atoms with Gasteiger partial charge in [0, 0.05) is 19.0 Å². The summed E-state index contributed by atoms with van der Waals surface area (Å²) in [7, 11) is 0. The molecule has 2 saturated heterocycles. The minimum absolute atomic E-state index is 0.0237. The van der Waals surface area contributed by atoms with Gasteiger partial charge in [-0.25, -0.2) is 0 Å². The first-order valence-corrected chi connectivity index (χ1v) is 11.2. The number of nitrogens with zero attached hydrogens (tertiary/aromatic N) is 2. The highest BCUT2D eigenvalue weighted by molar-refractivity contribution is 5.90. The van der Waals surface area contributed by atoms with Crippen molar-refractivity contribution in [2.75, 3.05) is 19.7 Å². The fourth-order valence-electron chi connectivity index (χ4n) is 5.26. The van der Waals surface area contributed by atoms with E-state index >= 15 is 0 Å². The summed E-state index contributed by atoms with van der Waals surface area (Å²) >= 11 is 0. The Bertz CT molecular complexity index is 952. The predicted molar refractivity (Wildman–Crippen MR) is 116 cm³/mol. The normalized spacial score (nSPS) is 28.3. The van der Waals surface area contributed by atoms with Crippen LogP contribution in [0.4, 0.5) is 0 Å². The quantitative estimate of drug-likeness (QED) is 0.668. The van der Waals surface area contributed by atoms with E-state index in [9.17, 15) is 19.6 Å². The summed E-state index contributed by atoms with van der Waals surface area (Å²) in [6, 6.07) is 8.17. The van der Waals surface area contributed by atoms with Crippen molar-refractivity contribution in [1.29, 1.82) is 5.26 Å². The fraction of sp³-hybridized carbons (Fsp3) is 0.583. The van der Waals surface area contributed by atoms with E-state index in [1.54, 1.807) is 4.90 Å². The summed E-state index contributed by atoms with van der Waals surface area (Å²) in [4.78, 5) is 39.6. The molecule has 170 valence electrons. The number of nitrogens with one attached hydrogen (secondary N) is 2. The highest BCUT2D eigenvalue weighted by Gasteiger charge is 2.69. The van der Waals surface area contributed by atoms with E-state index in [-0.39, 0.29) is 53.9 Å². The first-order chi connectivity index (χ1) is 15.2. The predicted octanol–water partition coefficient (Wildman–Crippen LogP) is 1.39. The molecule has 2 aliphatic heterocycles. The lowest BCUT2D eigenvalue weighted by Crippen LogP contribution is -2.53. The molecule has 3 amide bonds. The van der Waals surface area contributed by atoms with Gasteiger partial charge in [-0.2, -0.15) is 5.26 Å². The third-order valence-electron chi connectivity index (χ3n) is 7.34. The van der Waals surface area contributed by atoms with Crippen LogP contribution in [0.1, 0.15) is 32.3 Å². The monoisotopic (exact) mass is 438 g/mol. The van der Waals surface area contributed by atoms with E-state index in [1.165, 1.54) is 0 Å². The highest BCUT2D eigenvalue weighted by atomic mass is 16.5. The summed E-state index contributed by atoms with van der Waals surface area (Å²) in [5, 5.41) is 15.1. The molecule has 0 aromatic heterocycles. The number of fused-ring (bicyclic) bond motifs is 1. The molecule has 8 nitrogen and oxygen atoms in total. The van der Waals surface area contributed by atoms with Gasteiger partial charge in [0.05, 0.1) is 6.07 Å². The smallest absolute Gasteiger partial charge is 0.261 e. The van der Waals surface area contributed by atoms with Crippen molar-refractivity contribution in [3.63, 3.8) is 0 Å². The van der Waals surface area contributed by atoms with E-state index < -0.39 is 12.1 Å². The van der Waals surface area contributed by atoms with Crippen LogP contribution in [0.3, 0.4) is 0 Å². The van der Waals surface area contributed by atoms with Crippen LogP contribution in [0.25, 0.3) is 0 Å². The number of carbonyl (C=O) groups is 3. The summed E-state index contributed by atoms with van der Waals surface area (Å²) < 4.78 is 5.65. The summed E-state index contributed by atoms with van der Waals surface area (Å²) in [6.45, 7) is 7.16. The Morgan fingerprint density at radius 1 is 1.34 bits per heavy atom. The zero-order valence-electron chi connectivity index (χ0n) is 18.8. The van der Waals surface area contributed by atoms with Gasteiger partial charge in [0.2, 0.25) is 11.8 Å². The largest absolute Gasteiger partial charge is 0.484 e. The SMILES string of the molecule is Cc1ccc(OCC(=O)N2C[C@H]3[C@@H]([C@H]2C(=O)N[C@H](C#N)C[C@@H]2CCNC2=O)C3(C)C)cc1. The molecule has 32 heavy (non-hydrogen) atoms. The number of nitriles is 1. The molecule has 8 heteroatoms. The van der Waals surface area contributed by atoms with Crippen LogP contribution in [0.2, 0.25) is 0 Å². The van der Waals surface area contributed by atoms with Gasteiger partial charge in [-0.05, 0) is 49.1 Å². The van der Waals surface area contributed by atoms with Gasteiger partial charge < -0.3 is 20.3 Å². The Kier molecular flexibility index (Phi) is 5.85. The van der Waals surface area contributed by atoms with Crippen LogP contribution in [-0.2, 0) is 14.4 Å². The van der Waals surface area contributed by atoms with Crippen LogP contribution in [0, 0.1) is 41.4 Å². The van der Waals surface area contributed by atoms with Gasteiger partial charge in [0.1, 0.15) is 17.8 Å². The second-order valence-electron chi connectivity index (χ2n) is 9.75. The van der Waals surface area contributed by atoms with E-state index in [4.69, 9.17) is 4.74 Å². The molecule has 4 rings (SSSR count). The van der Waals surface area contributed by atoms with Crippen molar-refractivity contribution in [3.05, 3.63) is 29.8 Å². The zero-order valence-corrected chi connectivity index (χ0v) is 18.8. The number of rotatable bonds is 7. The van der Waals surface area contributed by atoms with E-state index in [2.05, 4.69) is 30.6 Å². The van der Waals surface area contributed by atoms with Gasteiger partial charge >= 0.3 is 0 Å². The Morgan fingerprint density at radius 3 is 2.69 bits per heavy atom. The van der Waals surface area contributed by atoms with Gasteiger partial charge in [-0.3, -0.25) is 14.4 Å². The van der Waals surface area contributed by atoms with Crippen LogP contribution in [-0.4, -0.2) is 54.4 Å². The van der Waals surface area contributed by atoms with Crippen LogP contribution in [0.5, 0.6) is 5.75 Å². The van der Waals surface area contributed by atoms with Crippen molar-refractivity contribution in [2.24, 2.45) is 23.2 Å². The molecule has 3 aliphatic rings. The minimum Gasteiger partial charge on any atom is -0.484 e. The van der Waals surface area contributed by atoms with E-state index in [1.807, 2.05) is 31.2 Å². The standard InChI is InChI=1S/C24H30N4O4/c1-14-4-6-17(7-5-14)32-13-19(29)28-12-18-20(24(18,2)3)21(28)23(31)27-16(11-25)10-15-8-9-26-22(15)30/h4-7,15-16,18,20-21H,8-10,12-13H2,1-3H3,(H,26,30)(H,27,31)/t15-,16-,18-,20-,21-/m0/s1. The maximum absolute atomic E-state index is 13.2. The number of hydrogen-bond donors (Lipinski definition) is 2. The molecule has 2 heterocycles. The molecule has 1 aromatic carbocycles. The number of ether oxygens (including phenoxy) is 1. The molecule has 0 radical (unpaired) electrons. The Hall–Kier alpha value is -3.08. The third kappa shape index (κ3) is 4.16. The number of piperidine rings is 1. The lowest BCUT2D eigenvalue weighted by Gasteiger charge is -2.30. The van der Waals surface area contributed by atoms with Gasteiger partial charge in [0.15, 0.2) is 6.61 Å². The molecule has 0 unspecified atom stereocenters. The van der Waals surface area contributed by atoms with Crippen molar-refractivity contribution in [1.82, 2.24) is 15.5 Å². The number of aryl methyl sites for hydroxylation is 1. The van der Waals surface area contributed by atoms with Crippen molar-refractivity contribution in [2.45, 2.75) is 45.7 Å². The summed E-state index contributed by atoms with van der Waals surface area (Å²) in [5.41, 5.74) is 1.08. The number of benzene rings is 1. The number of amides is 3. The van der Waals surface area contributed by atoms with Crippen molar-refractivity contribution in [3.8, 4) is 11.8 Å². The third-order valence-corrected chi connectivity index (χ3v) is 7.34. The van der Waals surface area contributed by atoms with E-state index in [0.29, 0.717) is 25.3 Å². The molecular formula is C24H30N4O4. The maximum atomic E-state index is 13.2. The minimum atomic E-state index is -0.766. The van der Waals surface area contributed by atoms with Crippen LogP contribution in [0.15, 0.2) is 24.3 Å². The molecule has 1 aromatic rings. The van der Waals surface area contributed by atoms with Crippen LogP contribution >= 0.6 is 0 Å². The molecule has 0 spiro atoms. The maximum Gasteiger partial charge on any atom is 0.261 e. The van der Waals surface area contributed by atoms with Gasteiger partial charge in [0.25, 0.3) is 5.91 Å². The highest BCUT2D eigenvalue weighted by Crippen LogP contribution is 2.64. The number of likely N-dealkylation sites (tertiary alicyclic amines) is 1. The first kappa shape index (κ1) is 22.1. The number of hydrogen-bond acceptors (Lipinski definition) is 5. The molecule has 1 aliphatic carbocycles. The van der Waals surface area contributed by atoms with Crippen molar-refractivity contribution < 1.29 is 19.1 Å². The average Bonchev–Trinajstić information content (AvgIpc) is 3.13. The summed E-state index contributed by atoms with van der Waals surface area (Å²) in [6.07, 6.45) is 0.942. The lowest BCUT2D eigenvalue weighted by molar-refractivity contribution is -0.142. The Labute approximate surface area is 188 Å². The molecule has 1 saturated carbocycles. The Morgan fingerprint density at radius 2 is 2.06 bits per heavy atom. The number of carbonyl (C=O) groups excluding carboxylic acids is 3. The van der Waals surface area contributed by atoms with Crippen molar-refractivity contribution >= 4 is 17.7 Å². The first-order valence-electron chi connectivity index (χ1n) is 11.2. The summed E-state index contributed by atoms with van der Waals surface area (Å²) in [5.74, 6) is 0.00825. The Balaban J connectivity index is 1.41. The fourth-order valence-corrected chi connectivity index (χ4v) is 5.26. The van der Waals surface area contributed by atoms with Gasteiger partial charge in [-0.15, -0.1) is 0 Å². The molecule has 0 bridgehead atoms. The zero-order chi connectivity index (χ0) is 23.0. The van der Waals surface area contributed by atoms with E-state index in [0.717, 1.165) is 5.56 Å². The van der Waals surface area contributed by atoms with Gasteiger partial charge in [-0.1, -0.05) is 31.5 Å². The van der Waals surface area contributed by atoms with Crippen LogP contribution < -0.4 is 15.4 Å². The average molecular weight is 439 g/mol. The molecule has 2 N–H and O–H groups in total. The molecule has 5 atom stereocenters. The second kappa shape index (κ2) is 8.45. The second-order valence-corrected chi connectivity index (χ2v) is 9.75. The molecule has 3 fully saturated rings. The lowest BCUT2D eigenvalue weighted by atomic mass is 9.97. The molecular weight excluding hydrogens is 408 g/mol. The topological polar surface area (TPSA) is 112 Å².